The van der Waals surface area contributed by atoms with E-state index in [-0.39, 0.29) is 15.6 Å². The molecule has 0 unspecified atom stereocenters. The first-order chi connectivity index (χ1) is 8.86. The summed E-state index contributed by atoms with van der Waals surface area (Å²) >= 11 is 11.3. The van der Waals surface area contributed by atoms with Crippen LogP contribution in [0.2, 0.25) is 10.0 Å². The van der Waals surface area contributed by atoms with Crippen molar-refractivity contribution in [2.24, 2.45) is 0 Å². The fourth-order valence-electron chi connectivity index (χ4n) is 1.27. The fraction of sp³-hybridized carbons (Fsp3) is 0.333. The Kier molecular flexibility index (Phi) is 5.57. The van der Waals surface area contributed by atoms with Gasteiger partial charge in [-0.1, -0.05) is 23.2 Å². The summed E-state index contributed by atoms with van der Waals surface area (Å²) in [5.74, 6) is -2.12. The predicted octanol–water partition coefficient (Wildman–Crippen LogP) is 2.81. The Morgan fingerprint density at radius 3 is 2.58 bits per heavy atom. The number of amides is 1. The van der Waals surface area contributed by atoms with E-state index in [4.69, 9.17) is 27.9 Å². The van der Waals surface area contributed by atoms with Crippen molar-refractivity contribution in [3.8, 4) is 0 Å². The molecule has 1 N–H and O–H groups in total. The Morgan fingerprint density at radius 1 is 1.37 bits per heavy atom. The molecule has 0 saturated carbocycles. The highest BCUT2D eigenvalue weighted by molar-refractivity contribution is 6.36. The Labute approximate surface area is 119 Å². The van der Waals surface area contributed by atoms with Gasteiger partial charge in [-0.05, 0) is 26.0 Å². The molecule has 1 atom stereocenters. The molecule has 0 fully saturated rings. The van der Waals surface area contributed by atoms with Crippen molar-refractivity contribution in [2.45, 2.75) is 20.0 Å². The van der Waals surface area contributed by atoms with Crippen LogP contribution in [0, 0.1) is 5.82 Å². The predicted molar refractivity (Wildman–Crippen MR) is 70.0 cm³/mol. The van der Waals surface area contributed by atoms with Crippen molar-refractivity contribution in [1.29, 1.82) is 0 Å². The summed E-state index contributed by atoms with van der Waals surface area (Å²) in [4.78, 5) is 23.2. The number of esters is 1. The van der Waals surface area contributed by atoms with E-state index in [0.29, 0.717) is 6.54 Å². The van der Waals surface area contributed by atoms with Gasteiger partial charge in [0.2, 0.25) is 0 Å². The first-order valence-electron chi connectivity index (χ1n) is 5.50. The highest BCUT2D eigenvalue weighted by Crippen LogP contribution is 2.25. The lowest BCUT2D eigenvalue weighted by molar-refractivity contribution is -0.128. The van der Waals surface area contributed by atoms with Gasteiger partial charge in [0.1, 0.15) is 5.82 Å². The SMILES string of the molecule is CCNC(=O)[C@@H](C)OC(=O)c1cc(F)c(Cl)cc1Cl. The topological polar surface area (TPSA) is 55.4 Å². The van der Waals surface area contributed by atoms with Crippen molar-refractivity contribution in [1.82, 2.24) is 5.32 Å². The quantitative estimate of drug-likeness (QED) is 0.687. The Morgan fingerprint density at radius 2 is 2.00 bits per heavy atom. The number of carbonyl (C=O) groups is 2. The Hall–Kier alpha value is -1.33. The molecule has 0 radical (unpaired) electrons. The molecule has 0 aliphatic heterocycles. The molecule has 7 heteroatoms. The van der Waals surface area contributed by atoms with Crippen molar-refractivity contribution < 1.29 is 18.7 Å². The van der Waals surface area contributed by atoms with E-state index in [0.717, 1.165) is 12.1 Å². The van der Waals surface area contributed by atoms with Crippen molar-refractivity contribution >= 4 is 35.1 Å². The van der Waals surface area contributed by atoms with Gasteiger partial charge in [-0.2, -0.15) is 0 Å². The zero-order chi connectivity index (χ0) is 14.6. The molecular formula is C12H12Cl2FNO3. The largest absolute Gasteiger partial charge is 0.449 e. The Bertz CT molecular complexity index is 508. The minimum absolute atomic E-state index is 0.0421. The second-order valence-corrected chi connectivity index (χ2v) is 4.50. The van der Waals surface area contributed by atoms with Gasteiger partial charge in [-0.15, -0.1) is 0 Å². The smallest absolute Gasteiger partial charge is 0.340 e. The van der Waals surface area contributed by atoms with Gasteiger partial charge >= 0.3 is 5.97 Å². The third-order valence-electron chi connectivity index (χ3n) is 2.23. The minimum atomic E-state index is -0.998. The second kappa shape index (κ2) is 6.73. The summed E-state index contributed by atoms with van der Waals surface area (Å²) in [6, 6.07) is 1.98. The lowest BCUT2D eigenvalue weighted by atomic mass is 10.2. The average Bonchev–Trinajstić information content (AvgIpc) is 2.33. The summed E-state index contributed by atoms with van der Waals surface area (Å²) in [6.07, 6.45) is -0.998. The molecule has 1 aromatic carbocycles. The molecule has 1 rings (SSSR count). The van der Waals surface area contributed by atoms with E-state index in [2.05, 4.69) is 5.32 Å². The summed E-state index contributed by atoms with van der Waals surface area (Å²) in [5, 5.41) is 2.25. The maximum atomic E-state index is 13.3. The van der Waals surface area contributed by atoms with Crippen LogP contribution >= 0.6 is 23.2 Å². The summed E-state index contributed by atoms with van der Waals surface area (Å²) in [5.41, 5.74) is -0.181. The third kappa shape index (κ3) is 4.08. The van der Waals surface area contributed by atoms with Crippen LogP contribution in [0.5, 0.6) is 0 Å². The van der Waals surface area contributed by atoms with Gasteiger partial charge in [-0.3, -0.25) is 4.79 Å². The van der Waals surface area contributed by atoms with E-state index >= 15 is 0 Å². The highest BCUT2D eigenvalue weighted by atomic mass is 35.5. The summed E-state index contributed by atoms with van der Waals surface area (Å²) in [7, 11) is 0. The van der Waals surface area contributed by atoms with Gasteiger partial charge in [0.25, 0.3) is 5.91 Å². The monoisotopic (exact) mass is 307 g/mol. The lowest BCUT2D eigenvalue weighted by Crippen LogP contribution is -2.35. The van der Waals surface area contributed by atoms with Gasteiger partial charge < -0.3 is 10.1 Å². The molecule has 0 bridgehead atoms. The molecule has 0 saturated heterocycles. The third-order valence-corrected chi connectivity index (χ3v) is 2.84. The van der Waals surface area contributed by atoms with Crippen molar-refractivity contribution in [3.05, 3.63) is 33.6 Å². The first kappa shape index (κ1) is 15.7. The first-order valence-corrected chi connectivity index (χ1v) is 6.25. The number of rotatable bonds is 4. The van der Waals surface area contributed by atoms with Gasteiger partial charge in [0.05, 0.1) is 15.6 Å². The van der Waals surface area contributed by atoms with E-state index in [1.807, 2.05) is 0 Å². The number of carbonyl (C=O) groups excluding carboxylic acids is 2. The zero-order valence-corrected chi connectivity index (χ0v) is 11.8. The number of ether oxygens (including phenoxy) is 1. The average molecular weight is 308 g/mol. The molecule has 104 valence electrons. The molecule has 19 heavy (non-hydrogen) atoms. The van der Waals surface area contributed by atoms with Crippen LogP contribution in [-0.4, -0.2) is 24.5 Å². The van der Waals surface area contributed by atoms with Crippen LogP contribution in [0.4, 0.5) is 4.39 Å². The molecule has 1 aromatic rings. The molecule has 1 amide bonds. The normalized spacial score (nSPS) is 11.8. The molecular weight excluding hydrogens is 296 g/mol. The summed E-state index contributed by atoms with van der Waals surface area (Å²) < 4.78 is 18.1. The Balaban J connectivity index is 2.84. The standard InChI is InChI=1S/C12H12Cl2FNO3/c1-3-16-11(17)6(2)19-12(18)7-4-10(15)9(14)5-8(7)13/h4-6H,3H2,1-2H3,(H,16,17)/t6-/m1/s1. The van der Waals surface area contributed by atoms with Crippen LogP contribution in [0.1, 0.15) is 24.2 Å². The van der Waals surface area contributed by atoms with E-state index in [1.165, 1.54) is 6.92 Å². The van der Waals surface area contributed by atoms with Crippen LogP contribution < -0.4 is 5.32 Å². The lowest BCUT2D eigenvalue weighted by Gasteiger charge is -2.13. The van der Waals surface area contributed by atoms with Crippen LogP contribution in [0.15, 0.2) is 12.1 Å². The molecule has 0 spiro atoms. The molecule has 0 aromatic heterocycles. The molecule has 4 nitrogen and oxygen atoms in total. The number of hydrogen-bond donors (Lipinski definition) is 1. The molecule has 0 heterocycles. The van der Waals surface area contributed by atoms with E-state index < -0.39 is 23.8 Å². The number of hydrogen-bond acceptors (Lipinski definition) is 3. The molecule has 0 aliphatic carbocycles. The van der Waals surface area contributed by atoms with Crippen molar-refractivity contribution in [3.63, 3.8) is 0 Å². The van der Waals surface area contributed by atoms with Gasteiger partial charge in [-0.25, -0.2) is 9.18 Å². The maximum Gasteiger partial charge on any atom is 0.340 e. The highest BCUT2D eigenvalue weighted by Gasteiger charge is 2.21. The van der Waals surface area contributed by atoms with Gasteiger partial charge in [0.15, 0.2) is 6.10 Å². The van der Waals surface area contributed by atoms with Gasteiger partial charge in [0, 0.05) is 6.54 Å². The van der Waals surface area contributed by atoms with Crippen molar-refractivity contribution in [2.75, 3.05) is 6.54 Å². The number of nitrogens with one attached hydrogen (secondary N) is 1. The number of halogens is 3. The van der Waals surface area contributed by atoms with E-state index in [1.54, 1.807) is 6.92 Å². The number of likely N-dealkylation sites (N-methyl/N-ethyl adjacent to an activating group) is 1. The van der Waals surface area contributed by atoms with Crippen LogP contribution in [0.3, 0.4) is 0 Å². The zero-order valence-electron chi connectivity index (χ0n) is 10.3. The summed E-state index contributed by atoms with van der Waals surface area (Å²) in [6.45, 7) is 3.55. The maximum absolute atomic E-state index is 13.3. The fourth-order valence-corrected chi connectivity index (χ4v) is 1.73. The minimum Gasteiger partial charge on any atom is -0.449 e. The van der Waals surface area contributed by atoms with Crippen LogP contribution in [-0.2, 0) is 9.53 Å². The second-order valence-electron chi connectivity index (χ2n) is 3.69. The van der Waals surface area contributed by atoms with E-state index in [9.17, 15) is 14.0 Å². The number of benzene rings is 1. The van der Waals surface area contributed by atoms with Crippen LogP contribution in [0.25, 0.3) is 0 Å². The molecule has 0 aliphatic rings.